The van der Waals surface area contributed by atoms with Crippen LogP contribution in [0.5, 0.6) is 0 Å². The summed E-state index contributed by atoms with van der Waals surface area (Å²) in [6.45, 7) is 5.61. The molecule has 348 valence electrons. The summed E-state index contributed by atoms with van der Waals surface area (Å²) in [5.74, 6) is -0.323. The summed E-state index contributed by atoms with van der Waals surface area (Å²) in [5.41, 5.74) is 0. The zero-order valence-corrected chi connectivity index (χ0v) is 40.4. The number of esters is 1. The number of phosphoric ester groups is 1. The smallest absolute Gasteiger partial charge is 0.457 e. The van der Waals surface area contributed by atoms with Gasteiger partial charge in [-0.15, -0.1) is 0 Å². The Hall–Kier alpha value is -1.28. The molecule has 0 aromatic heterocycles. The third kappa shape index (κ3) is 47.6. The number of carbonyl (C=O) groups is 1. The van der Waals surface area contributed by atoms with Crippen molar-refractivity contribution in [1.29, 1.82) is 0 Å². The maximum absolute atomic E-state index is 12.7. The number of unbranched alkanes of at least 4 members (excludes halogenated alkanes) is 26. The number of nitrogens with zero attached hydrogens (tertiary/aromatic N) is 1. The SMILES string of the molecule is CCCCC/C=C\C/C=C\C/C=C\CCCCCCCCC(=O)OC(COCCCCCCCCCCCCCCCCCCCC)COP(=O)(O)OCC[N+](C)(C)C. The maximum atomic E-state index is 12.7. The Morgan fingerprint density at radius 1 is 0.525 bits per heavy atom. The van der Waals surface area contributed by atoms with E-state index >= 15 is 0 Å². The van der Waals surface area contributed by atoms with E-state index in [1.54, 1.807) is 0 Å². The number of likely N-dealkylation sites (N-methyl/N-ethyl adjacent to an activating group) is 1. The molecule has 0 aromatic carbocycles. The van der Waals surface area contributed by atoms with Crippen LogP contribution in [0.2, 0.25) is 0 Å². The van der Waals surface area contributed by atoms with Crippen molar-refractivity contribution in [1.82, 2.24) is 0 Å². The Kier molecular flexibility index (Phi) is 42.4. The first-order valence-corrected chi connectivity index (χ1v) is 26.2. The van der Waals surface area contributed by atoms with E-state index in [2.05, 4.69) is 50.3 Å². The van der Waals surface area contributed by atoms with E-state index in [9.17, 15) is 14.3 Å². The second kappa shape index (κ2) is 43.4. The number of hydrogen-bond donors (Lipinski definition) is 1. The van der Waals surface area contributed by atoms with E-state index in [0.717, 1.165) is 57.8 Å². The van der Waals surface area contributed by atoms with E-state index in [1.807, 2.05) is 21.1 Å². The largest absolute Gasteiger partial charge is 0.472 e. The van der Waals surface area contributed by atoms with Crippen LogP contribution < -0.4 is 0 Å². The van der Waals surface area contributed by atoms with Gasteiger partial charge in [0.2, 0.25) is 0 Å². The molecule has 0 heterocycles. The van der Waals surface area contributed by atoms with Gasteiger partial charge in [-0.05, 0) is 51.4 Å². The second-order valence-electron chi connectivity index (χ2n) is 17.9. The van der Waals surface area contributed by atoms with E-state index in [-0.39, 0.29) is 25.8 Å². The standard InChI is InChI=1S/C50H96NO7P/c1-6-8-10-12-14-16-18-20-22-24-26-27-29-31-33-35-37-39-41-43-50(52)58-49(48-57-59(53,54)56-46-44-51(3,4)5)47-55-45-42-40-38-36-34-32-30-28-25-23-21-19-17-15-13-11-9-7-2/h14,16,20,22,26-27,49H,6-13,15,17-19,21,23-25,28-48H2,1-5H3/p+1/b16-14-,22-20-,27-26-. The van der Waals surface area contributed by atoms with Crippen LogP contribution in [0, 0.1) is 0 Å². The van der Waals surface area contributed by atoms with Crippen molar-refractivity contribution in [2.75, 3.05) is 54.1 Å². The monoisotopic (exact) mass is 855 g/mol. The van der Waals surface area contributed by atoms with E-state index in [0.29, 0.717) is 24.1 Å². The van der Waals surface area contributed by atoms with Gasteiger partial charge in [-0.25, -0.2) is 4.57 Å². The van der Waals surface area contributed by atoms with Crippen LogP contribution in [0.3, 0.4) is 0 Å². The molecule has 0 saturated heterocycles. The quantitative estimate of drug-likeness (QED) is 0.0214. The molecule has 0 rings (SSSR count). The molecule has 9 heteroatoms. The van der Waals surface area contributed by atoms with Crippen molar-refractivity contribution in [2.24, 2.45) is 0 Å². The minimum Gasteiger partial charge on any atom is -0.457 e. The van der Waals surface area contributed by atoms with Crippen LogP contribution >= 0.6 is 7.82 Å². The van der Waals surface area contributed by atoms with E-state index in [4.69, 9.17) is 18.5 Å². The molecule has 59 heavy (non-hydrogen) atoms. The highest BCUT2D eigenvalue weighted by atomic mass is 31.2. The third-order valence-corrected chi connectivity index (χ3v) is 11.7. The molecule has 2 unspecified atom stereocenters. The first kappa shape index (κ1) is 57.7. The number of carbonyl (C=O) groups excluding carboxylic acids is 1. The number of allylic oxidation sites excluding steroid dienone is 6. The van der Waals surface area contributed by atoms with Crippen molar-refractivity contribution < 1.29 is 37.3 Å². The van der Waals surface area contributed by atoms with Crippen LogP contribution in [0.25, 0.3) is 0 Å². The molecule has 0 radical (unpaired) electrons. The van der Waals surface area contributed by atoms with Crippen LogP contribution in [-0.4, -0.2) is 75.6 Å². The molecule has 0 aliphatic carbocycles. The summed E-state index contributed by atoms with van der Waals surface area (Å²) in [5, 5.41) is 0. The lowest BCUT2D eigenvalue weighted by atomic mass is 10.0. The van der Waals surface area contributed by atoms with Gasteiger partial charge < -0.3 is 18.9 Å². The third-order valence-electron chi connectivity index (χ3n) is 10.7. The normalized spacial score (nSPS) is 13.9. The van der Waals surface area contributed by atoms with Gasteiger partial charge in [-0.2, -0.15) is 0 Å². The average molecular weight is 855 g/mol. The molecule has 0 fully saturated rings. The number of quaternary nitrogens is 1. The van der Waals surface area contributed by atoms with Crippen molar-refractivity contribution in [3.05, 3.63) is 36.5 Å². The molecule has 0 aromatic rings. The minimum atomic E-state index is -4.28. The lowest BCUT2D eigenvalue weighted by Crippen LogP contribution is -2.37. The van der Waals surface area contributed by atoms with Gasteiger partial charge in [-0.1, -0.05) is 198 Å². The zero-order valence-electron chi connectivity index (χ0n) is 39.5. The van der Waals surface area contributed by atoms with Gasteiger partial charge in [-0.3, -0.25) is 13.8 Å². The fraction of sp³-hybridized carbons (Fsp3) is 0.860. The van der Waals surface area contributed by atoms with Crippen LogP contribution in [-0.2, 0) is 27.9 Å². The van der Waals surface area contributed by atoms with Crippen molar-refractivity contribution >= 4 is 13.8 Å². The Morgan fingerprint density at radius 2 is 0.932 bits per heavy atom. The highest BCUT2D eigenvalue weighted by Gasteiger charge is 2.26. The molecule has 0 spiro atoms. The predicted octanol–water partition coefficient (Wildman–Crippen LogP) is 14.9. The van der Waals surface area contributed by atoms with E-state index in [1.165, 1.54) is 141 Å². The van der Waals surface area contributed by atoms with Gasteiger partial charge in [0.05, 0.1) is 34.4 Å². The first-order valence-electron chi connectivity index (χ1n) is 24.7. The molecule has 0 saturated carbocycles. The minimum absolute atomic E-state index is 0.0868. The molecule has 0 bridgehead atoms. The molecule has 1 N–H and O–H groups in total. The molecular weight excluding hydrogens is 758 g/mol. The second-order valence-corrected chi connectivity index (χ2v) is 19.3. The Bertz CT molecular complexity index is 1040. The number of hydrogen-bond acceptors (Lipinski definition) is 6. The van der Waals surface area contributed by atoms with Gasteiger partial charge in [0.1, 0.15) is 19.3 Å². The first-order chi connectivity index (χ1) is 28.6. The molecular formula is C50H97NO7P+. The highest BCUT2D eigenvalue weighted by molar-refractivity contribution is 7.47. The molecule has 8 nitrogen and oxygen atoms in total. The summed E-state index contributed by atoms with van der Waals surface area (Å²) >= 11 is 0. The summed E-state index contributed by atoms with van der Waals surface area (Å²) in [7, 11) is 1.66. The molecule has 2 atom stereocenters. The van der Waals surface area contributed by atoms with Crippen molar-refractivity contribution in [2.45, 2.75) is 225 Å². The predicted molar refractivity (Wildman–Crippen MR) is 252 cm³/mol. The van der Waals surface area contributed by atoms with E-state index < -0.39 is 13.9 Å². The number of phosphoric acid groups is 1. The molecule has 0 aliphatic heterocycles. The van der Waals surface area contributed by atoms with Gasteiger partial charge in [0.25, 0.3) is 0 Å². The molecule has 0 aliphatic rings. The Balaban J connectivity index is 4.18. The van der Waals surface area contributed by atoms with Crippen molar-refractivity contribution in [3.63, 3.8) is 0 Å². The zero-order chi connectivity index (χ0) is 43.4. The van der Waals surface area contributed by atoms with Gasteiger partial charge in [0, 0.05) is 13.0 Å². The van der Waals surface area contributed by atoms with Crippen molar-refractivity contribution in [3.8, 4) is 0 Å². The fourth-order valence-corrected chi connectivity index (χ4v) is 7.60. The summed E-state index contributed by atoms with van der Waals surface area (Å²) < 4.78 is 35.1. The number of rotatable bonds is 46. The lowest BCUT2D eigenvalue weighted by Gasteiger charge is -2.24. The van der Waals surface area contributed by atoms with Crippen LogP contribution in [0.15, 0.2) is 36.5 Å². The summed E-state index contributed by atoms with van der Waals surface area (Å²) in [6.07, 6.45) is 51.8. The van der Waals surface area contributed by atoms with Crippen LogP contribution in [0.4, 0.5) is 0 Å². The van der Waals surface area contributed by atoms with Gasteiger partial charge in [0.15, 0.2) is 0 Å². The number of ether oxygens (including phenoxy) is 2. The summed E-state index contributed by atoms with van der Waals surface area (Å²) in [6, 6.07) is 0. The fourth-order valence-electron chi connectivity index (χ4n) is 6.85. The highest BCUT2D eigenvalue weighted by Crippen LogP contribution is 2.43. The lowest BCUT2D eigenvalue weighted by molar-refractivity contribution is -0.870. The topological polar surface area (TPSA) is 91.3 Å². The van der Waals surface area contributed by atoms with Gasteiger partial charge >= 0.3 is 13.8 Å². The summed E-state index contributed by atoms with van der Waals surface area (Å²) in [4.78, 5) is 23.0. The molecule has 0 amide bonds. The Morgan fingerprint density at radius 3 is 1.42 bits per heavy atom. The average Bonchev–Trinajstić information content (AvgIpc) is 3.19. The maximum Gasteiger partial charge on any atom is 0.472 e. The Labute approximate surface area is 365 Å². The van der Waals surface area contributed by atoms with Crippen LogP contribution in [0.1, 0.15) is 219 Å².